The molecule has 0 aromatic heterocycles. The van der Waals surface area contributed by atoms with E-state index in [4.69, 9.17) is 4.74 Å². The summed E-state index contributed by atoms with van der Waals surface area (Å²) in [6.45, 7) is 6.39. The topological polar surface area (TPSA) is 65.4 Å². The van der Waals surface area contributed by atoms with Crippen LogP contribution in [0, 0.1) is 23.1 Å². The van der Waals surface area contributed by atoms with Crippen molar-refractivity contribution in [1.82, 2.24) is 10.2 Å². The number of amides is 1. The van der Waals surface area contributed by atoms with Crippen molar-refractivity contribution < 1.29 is 13.9 Å². The number of carbonyl (C=O) groups is 1. The van der Waals surface area contributed by atoms with E-state index in [1.54, 1.807) is 12.1 Å². The Kier molecular flexibility index (Phi) is 6.43. The normalized spacial score (nSPS) is 25.5. The molecule has 1 aliphatic heterocycles. The Morgan fingerprint density at radius 3 is 2.89 bits per heavy atom. The number of nitrogens with zero attached hydrogens (tertiary/aromatic N) is 2. The molecule has 28 heavy (non-hydrogen) atoms. The van der Waals surface area contributed by atoms with E-state index in [9.17, 15) is 14.4 Å². The fourth-order valence-electron chi connectivity index (χ4n) is 4.20. The van der Waals surface area contributed by atoms with Gasteiger partial charge in [-0.3, -0.25) is 9.69 Å². The highest BCUT2D eigenvalue weighted by molar-refractivity contribution is 9.10. The number of ether oxygens (including phenoxy) is 1. The van der Waals surface area contributed by atoms with Crippen LogP contribution >= 0.6 is 15.9 Å². The van der Waals surface area contributed by atoms with Gasteiger partial charge >= 0.3 is 0 Å². The molecule has 2 bridgehead atoms. The van der Waals surface area contributed by atoms with Crippen LogP contribution in [0.5, 0.6) is 0 Å². The fraction of sp³-hybridized carbons (Fsp3) is 0.619. The molecule has 1 aromatic rings. The third kappa shape index (κ3) is 4.91. The molecule has 5 nitrogen and oxygen atoms in total. The molecule has 3 rings (SSSR count). The van der Waals surface area contributed by atoms with Crippen LogP contribution in [-0.2, 0) is 16.0 Å². The number of hydrogen-bond donors (Lipinski definition) is 1. The molecule has 7 heteroatoms. The number of carbonyl (C=O) groups excluding carboxylic acids is 1. The van der Waals surface area contributed by atoms with Crippen LogP contribution < -0.4 is 5.32 Å². The van der Waals surface area contributed by atoms with Crippen molar-refractivity contribution in [2.24, 2.45) is 5.92 Å². The van der Waals surface area contributed by atoms with Gasteiger partial charge < -0.3 is 10.1 Å². The molecule has 152 valence electrons. The minimum atomic E-state index is -0.777. The summed E-state index contributed by atoms with van der Waals surface area (Å²) in [7, 11) is 0. The lowest BCUT2D eigenvalue weighted by Gasteiger charge is -2.36. The standard InChI is InChI=1S/C21H27BrFN3O2/c1-21(2,3)28-12-26-17-6-4-13(10-17)19(26)20(27)25-16(11-24)9-14-8-15(22)5-7-18(14)23/h5,7-8,13,16-17,19H,4,6,9-10,12H2,1-3H3,(H,25,27)/t13-,16-,17+,19-/m0/s1. The highest BCUT2D eigenvalue weighted by Gasteiger charge is 2.49. The lowest BCUT2D eigenvalue weighted by atomic mass is 9.97. The maximum absolute atomic E-state index is 14.0. The minimum absolute atomic E-state index is 0.132. The first-order valence-corrected chi connectivity index (χ1v) is 10.5. The second-order valence-corrected chi connectivity index (χ2v) is 9.62. The van der Waals surface area contributed by atoms with Crippen molar-refractivity contribution in [2.75, 3.05) is 6.73 Å². The third-order valence-electron chi connectivity index (χ3n) is 5.54. The third-order valence-corrected chi connectivity index (χ3v) is 6.03. The van der Waals surface area contributed by atoms with Gasteiger partial charge in [0.25, 0.3) is 0 Å². The van der Waals surface area contributed by atoms with E-state index in [-0.39, 0.29) is 35.7 Å². The predicted molar refractivity (Wildman–Crippen MR) is 108 cm³/mol. The smallest absolute Gasteiger partial charge is 0.238 e. The Morgan fingerprint density at radius 2 is 2.21 bits per heavy atom. The van der Waals surface area contributed by atoms with Crippen molar-refractivity contribution in [1.29, 1.82) is 5.26 Å². The number of hydrogen-bond acceptors (Lipinski definition) is 4. The Morgan fingerprint density at radius 1 is 1.46 bits per heavy atom. The zero-order chi connectivity index (χ0) is 20.5. The Hall–Kier alpha value is -1.49. The molecular formula is C21H27BrFN3O2. The first kappa shape index (κ1) is 21.2. The molecule has 1 saturated carbocycles. The SMILES string of the molecule is CC(C)(C)OCN1[C@@H]2CC[C@@H](C2)[C@H]1C(=O)N[C@H](C#N)Cc1cc(Br)ccc1F. The lowest BCUT2D eigenvalue weighted by Crippen LogP contribution is -2.53. The van der Waals surface area contributed by atoms with Gasteiger partial charge in [-0.2, -0.15) is 5.26 Å². The van der Waals surface area contributed by atoms with Gasteiger partial charge in [-0.1, -0.05) is 15.9 Å². The van der Waals surface area contributed by atoms with Crippen LogP contribution in [0.1, 0.15) is 45.6 Å². The Bertz CT molecular complexity index is 774. The van der Waals surface area contributed by atoms with Crippen LogP contribution in [0.2, 0.25) is 0 Å². The maximum Gasteiger partial charge on any atom is 0.238 e. The highest BCUT2D eigenvalue weighted by Crippen LogP contribution is 2.42. The van der Waals surface area contributed by atoms with Crippen molar-refractivity contribution in [3.8, 4) is 6.07 Å². The molecule has 1 saturated heterocycles. The van der Waals surface area contributed by atoms with Gasteiger partial charge in [0.1, 0.15) is 18.6 Å². The number of fused-ring (bicyclic) bond motifs is 2. The first-order chi connectivity index (χ1) is 13.2. The van der Waals surface area contributed by atoms with E-state index >= 15 is 0 Å². The van der Waals surface area contributed by atoms with E-state index in [1.807, 2.05) is 20.8 Å². The van der Waals surface area contributed by atoms with Crippen molar-refractivity contribution in [2.45, 2.75) is 70.2 Å². The maximum atomic E-state index is 14.0. The van der Waals surface area contributed by atoms with Gasteiger partial charge in [0.05, 0.1) is 17.7 Å². The summed E-state index contributed by atoms with van der Waals surface area (Å²) in [5, 5.41) is 12.3. The molecular weight excluding hydrogens is 425 g/mol. The second kappa shape index (κ2) is 8.48. The van der Waals surface area contributed by atoms with Gasteiger partial charge in [-0.15, -0.1) is 0 Å². The average molecular weight is 452 g/mol. The predicted octanol–water partition coefficient (Wildman–Crippen LogP) is 3.76. The number of benzene rings is 1. The summed E-state index contributed by atoms with van der Waals surface area (Å²) >= 11 is 3.32. The van der Waals surface area contributed by atoms with Crippen LogP contribution in [0.15, 0.2) is 22.7 Å². The Labute approximate surface area is 174 Å². The average Bonchev–Trinajstić information content (AvgIpc) is 3.22. The zero-order valence-electron chi connectivity index (χ0n) is 16.5. The number of piperidine rings is 1. The van der Waals surface area contributed by atoms with Gasteiger partial charge in [0, 0.05) is 16.9 Å². The summed E-state index contributed by atoms with van der Waals surface area (Å²) in [4.78, 5) is 15.1. The van der Waals surface area contributed by atoms with E-state index in [1.165, 1.54) is 6.07 Å². The van der Waals surface area contributed by atoms with Crippen molar-refractivity contribution >= 4 is 21.8 Å². The molecule has 2 aliphatic rings. The molecule has 1 amide bonds. The number of nitrogens with one attached hydrogen (secondary N) is 1. The molecule has 0 radical (unpaired) electrons. The van der Waals surface area contributed by atoms with Crippen LogP contribution in [0.25, 0.3) is 0 Å². The van der Waals surface area contributed by atoms with Crippen molar-refractivity contribution in [3.05, 3.63) is 34.1 Å². The fourth-order valence-corrected chi connectivity index (χ4v) is 4.61. The molecule has 1 heterocycles. The van der Waals surface area contributed by atoms with Gasteiger partial charge in [-0.05, 0) is 69.7 Å². The summed E-state index contributed by atoms with van der Waals surface area (Å²) in [6.07, 6.45) is 3.22. The summed E-state index contributed by atoms with van der Waals surface area (Å²) in [6, 6.07) is 6.01. The zero-order valence-corrected chi connectivity index (χ0v) is 18.1. The molecule has 0 spiro atoms. The van der Waals surface area contributed by atoms with E-state index in [2.05, 4.69) is 32.2 Å². The summed E-state index contributed by atoms with van der Waals surface area (Å²) in [5.41, 5.74) is 0.123. The summed E-state index contributed by atoms with van der Waals surface area (Å²) < 4.78 is 20.7. The number of likely N-dealkylation sites (tertiary alicyclic amines) is 1. The molecule has 1 N–H and O–H groups in total. The summed E-state index contributed by atoms with van der Waals surface area (Å²) in [5.74, 6) is -0.250. The molecule has 4 atom stereocenters. The highest BCUT2D eigenvalue weighted by atomic mass is 79.9. The van der Waals surface area contributed by atoms with E-state index < -0.39 is 6.04 Å². The quantitative estimate of drug-likeness (QED) is 0.714. The van der Waals surface area contributed by atoms with E-state index in [0.717, 1.165) is 23.7 Å². The molecule has 0 unspecified atom stereocenters. The molecule has 1 aliphatic carbocycles. The van der Waals surface area contributed by atoms with Crippen molar-refractivity contribution in [3.63, 3.8) is 0 Å². The largest absolute Gasteiger partial charge is 0.360 e. The van der Waals surface area contributed by atoms with Crippen LogP contribution in [-0.4, -0.2) is 41.3 Å². The van der Waals surface area contributed by atoms with Crippen LogP contribution in [0.4, 0.5) is 4.39 Å². The Balaban J connectivity index is 1.67. The van der Waals surface area contributed by atoms with Gasteiger partial charge in [0.15, 0.2) is 0 Å². The van der Waals surface area contributed by atoms with Crippen LogP contribution in [0.3, 0.4) is 0 Å². The van der Waals surface area contributed by atoms with Gasteiger partial charge in [-0.25, -0.2) is 4.39 Å². The first-order valence-electron chi connectivity index (χ1n) is 9.71. The van der Waals surface area contributed by atoms with Gasteiger partial charge in [0.2, 0.25) is 5.91 Å². The number of rotatable bonds is 6. The monoisotopic (exact) mass is 451 g/mol. The molecule has 1 aromatic carbocycles. The lowest BCUT2D eigenvalue weighted by molar-refractivity contribution is -0.136. The molecule has 2 fully saturated rings. The number of nitriles is 1. The number of halogens is 2. The minimum Gasteiger partial charge on any atom is -0.360 e. The second-order valence-electron chi connectivity index (χ2n) is 8.70. The van der Waals surface area contributed by atoms with E-state index in [0.29, 0.717) is 18.3 Å².